The van der Waals surface area contributed by atoms with Crippen molar-refractivity contribution in [2.45, 2.75) is 38.1 Å². The zero-order valence-corrected chi connectivity index (χ0v) is 16.9. The lowest BCUT2D eigenvalue weighted by atomic mass is 9.96. The number of carbonyl (C=O) groups excluding carboxylic acids is 2. The number of rotatable bonds is 6. The van der Waals surface area contributed by atoms with Gasteiger partial charge in [0.1, 0.15) is 0 Å². The number of carbonyl (C=O) groups is 2. The molecule has 0 heterocycles. The molecule has 2 N–H and O–H groups in total. The SMILES string of the molecule is Cc1ccc(C(=O)NCC2(N(C)C)CCCC2)cc1NC(=O)c1ccccc1. The monoisotopic (exact) mass is 379 g/mol. The maximum Gasteiger partial charge on any atom is 0.255 e. The number of nitrogens with zero attached hydrogens (tertiary/aromatic N) is 1. The highest BCUT2D eigenvalue weighted by Crippen LogP contribution is 2.33. The van der Waals surface area contributed by atoms with Crippen molar-refractivity contribution in [1.82, 2.24) is 10.2 Å². The van der Waals surface area contributed by atoms with Gasteiger partial charge in [-0.1, -0.05) is 37.1 Å². The predicted molar refractivity (Wildman–Crippen MR) is 113 cm³/mol. The van der Waals surface area contributed by atoms with Crippen LogP contribution in [0.4, 0.5) is 5.69 Å². The van der Waals surface area contributed by atoms with Gasteiger partial charge in [-0.05, 0) is 63.7 Å². The molecule has 1 fully saturated rings. The standard InChI is InChI=1S/C23H29N3O2/c1-17-11-12-19(15-20(17)25-22(28)18-9-5-4-6-10-18)21(27)24-16-23(26(2)3)13-7-8-14-23/h4-6,9-12,15H,7-8,13-14,16H2,1-3H3,(H,24,27)(H,25,28). The summed E-state index contributed by atoms with van der Waals surface area (Å²) in [5, 5.41) is 6.02. The normalized spacial score (nSPS) is 15.4. The summed E-state index contributed by atoms with van der Waals surface area (Å²) in [6, 6.07) is 14.5. The van der Waals surface area contributed by atoms with Crippen molar-refractivity contribution in [2.75, 3.05) is 26.0 Å². The third-order valence-corrected chi connectivity index (χ3v) is 5.84. The minimum absolute atomic E-state index is 0.0463. The smallest absolute Gasteiger partial charge is 0.255 e. The second-order valence-electron chi connectivity index (χ2n) is 7.86. The van der Waals surface area contributed by atoms with Crippen LogP contribution >= 0.6 is 0 Å². The van der Waals surface area contributed by atoms with Crippen LogP contribution in [0.25, 0.3) is 0 Å². The van der Waals surface area contributed by atoms with Crippen LogP contribution in [-0.4, -0.2) is 42.9 Å². The lowest BCUT2D eigenvalue weighted by molar-refractivity contribution is 0.0899. The second kappa shape index (κ2) is 8.57. The van der Waals surface area contributed by atoms with Crippen molar-refractivity contribution in [1.29, 1.82) is 0 Å². The molecule has 2 aromatic rings. The lowest BCUT2D eigenvalue weighted by Crippen LogP contribution is -2.50. The van der Waals surface area contributed by atoms with E-state index in [0.29, 0.717) is 23.4 Å². The van der Waals surface area contributed by atoms with Crippen LogP contribution in [0, 0.1) is 6.92 Å². The van der Waals surface area contributed by atoms with E-state index in [9.17, 15) is 9.59 Å². The fourth-order valence-electron chi connectivity index (χ4n) is 3.84. The van der Waals surface area contributed by atoms with E-state index in [2.05, 4.69) is 29.6 Å². The molecule has 2 amide bonds. The third kappa shape index (κ3) is 4.42. The topological polar surface area (TPSA) is 61.4 Å². The Morgan fingerprint density at radius 1 is 0.964 bits per heavy atom. The van der Waals surface area contributed by atoms with Crippen LogP contribution in [0.5, 0.6) is 0 Å². The number of amides is 2. The summed E-state index contributed by atoms with van der Waals surface area (Å²) in [4.78, 5) is 27.4. The zero-order chi connectivity index (χ0) is 20.1. The number of aryl methyl sites for hydroxylation is 1. The van der Waals surface area contributed by atoms with E-state index in [0.717, 1.165) is 18.4 Å². The molecule has 5 nitrogen and oxygen atoms in total. The molecule has 148 valence electrons. The first kappa shape index (κ1) is 20.1. The fourth-order valence-corrected chi connectivity index (χ4v) is 3.84. The predicted octanol–water partition coefficient (Wildman–Crippen LogP) is 3.85. The van der Waals surface area contributed by atoms with Crippen LogP contribution in [0.3, 0.4) is 0 Å². The molecule has 0 radical (unpaired) electrons. The third-order valence-electron chi connectivity index (χ3n) is 5.84. The number of anilines is 1. The van der Waals surface area contributed by atoms with Gasteiger partial charge in [-0.2, -0.15) is 0 Å². The molecule has 0 saturated heterocycles. The second-order valence-corrected chi connectivity index (χ2v) is 7.86. The number of likely N-dealkylation sites (N-methyl/N-ethyl adjacent to an activating group) is 1. The van der Waals surface area contributed by atoms with Crippen molar-refractivity contribution in [3.8, 4) is 0 Å². The maximum absolute atomic E-state index is 12.7. The zero-order valence-electron chi connectivity index (χ0n) is 16.9. The van der Waals surface area contributed by atoms with Gasteiger partial charge in [0, 0.05) is 28.9 Å². The molecule has 0 aromatic heterocycles. The van der Waals surface area contributed by atoms with Gasteiger partial charge in [-0.3, -0.25) is 9.59 Å². The summed E-state index contributed by atoms with van der Waals surface area (Å²) in [5.41, 5.74) is 2.77. The molecule has 0 unspecified atom stereocenters. The summed E-state index contributed by atoms with van der Waals surface area (Å²) >= 11 is 0. The Balaban J connectivity index is 1.70. The van der Waals surface area contributed by atoms with Crippen LogP contribution in [0.15, 0.2) is 48.5 Å². The van der Waals surface area contributed by atoms with Crippen LogP contribution < -0.4 is 10.6 Å². The average molecular weight is 380 g/mol. The molecule has 0 atom stereocenters. The van der Waals surface area contributed by atoms with Crippen molar-refractivity contribution in [3.05, 3.63) is 65.2 Å². The van der Waals surface area contributed by atoms with Crippen molar-refractivity contribution >= 4 is 17.5 Å². The molecule has 0 aliphatic heterocycles. The first-order valence-corrected chi connectivity index (χ1v) is 9.84. The Labute approximate surface area is 167 Å². The van der Waals surface area contributed by atoms with Gasteiger partial charge >= 0.3 is 0 Å². The van der Waals surface area contributed by atoms with Gasteiger partial charge in [0.25, 0.3) is 11.8 Å². The van der Waals surface area contributed by atoms with Gasteiger partial charge < -0.3 is 15.5 Å². The summed E-state index contributed by atoms with van der Waals surface area (Å²) in [6.45, 7) is 2.56. The molecular formula is C23H29N3O2. The Kier molecular flexibility index (Phi) is 6.15. The van der Waals surface area contributed by atoms with Gasteiger partial charge in [0.05, 0.1) is 0 Å². The molecule has 1 aliphatic rings. The minimum atomic E-state index is -0.182. The fraction of sp³-hybridized carbons (Fsp3) is 0.391. The number of hydrogen-bond acceptors (Lipinski definition) is 3. The van der Waals surface area contributed by atoms with Gasteiger partial charge in [-0.25, -0.2) is 0 Å². The molecule has 0 spiro atoms. The van der Waals surface area contributed by atoms with Crippen LogP contribution in [0.2, 0.25) is 0 Å². The first-order valence-electron chi connectivity index (χ1n) is 9.84. The molecular weight excluding hydrogens is 350 g/mol. The molecule has 1 aliphatic carbocycles. The lowest BCUT2D eigenvalue weighted by Gasteiger charge is -2.36. The van der Waals surface area contributed by atoms with E-state index < -0.39 is 0 Å². The number of nitrogens with one attached hydrogen (secondary N) is 2. The number of hydrogen-bond donors (Lipinski definition) is 2. The quantitative estimate of drug-likeness (QED) is 0.801. The van der Waals surface area contributed by atoms with E-state index in [1.807, 2.05) is 31.2 Å². The highest BCUT2D eigenvalue weighted by Gasteiger charge is 2.36. The Morgan fingerprint density at radius 2 is 1.64 bits per heavy atom. The Bertz CT molecular complexity index is 840. The van der Waals surface area contributed by atoms with E-state index in [-0.39, 0.29) is 17.4 Å². The van der Waals surface area contributed by atoms with E-state index in [1.165, 1.54) is 12.8 Å². The van der Waals surface area contributed by atoms with E-state index in [1.54, 1.807) is 24.3 Å². The molecule has 2 aromatic carbocycles. The maximum atomic E-state index is 12.7. The van der Waals surface area contributed by atoms with E-state index >= 15 is 0 Å². The molecule has 28 heavy (non-hydrogen) atoms. The molecule has 0 bridgehead atoms. The average Bonchev–Trinajstić information content (AvgIpc) is 3.19. The summed E-state index contributed by atoms with van der Waals surface area (Å²) < 4.78 is 0. The highest BCUT2D eigenvalue weighted by atomic mass is 16.2. The van der Waals surface area contributed by atoms with Crippen LogP contribution in [-0.2, 0) is 0 Å². The van der Waals surface area contributed by atoms with Crippen molar-refractivity contribution in [3.63, 3.8) is 0 Å². The van der Waals surface area contributed by atoms with Gasteiger partial charge in [0.15, 0.2) is 0 Å². The number of benzene rings is 2. The van der Waals surface area contributed by atoms with Gasteiger partial charge in [-0.15, -0.1) is 0 Å². The molecule has 1 saturated carbocycles. The minimum Gasteiger partial charge on any atom is -0.350 e. The van der Waals surface area contributed by atoms with Crippen molar-refractivity contribution < 1.29 is 9.59 Å². The molecule has 3 rings (SSSR count). The summed E-state index contributed by atoms with van der Waals surface area (Å²) in [7, 11) is 4.17. The molecule has 5 heteroatoms. The largest absolute Gasteiger partial charge is 0.350 e. The van der Waals surface area contributed by atoms with E-state index in [4.69, 9.17) is 0 Å². The van der Waals surface area contributed by atoms with Gasteiger partial charge in [0.2, 0.25) is 0 Å². The van der Waals surface area contributed by atoms with Crippen molar-refractivity contribution in [2.24, 2.45) is 0 Å². The summed E-state index contributed by atoms with van der Waals surface area (Å²) in [6.07, 6.45) is 4.61. The highest BCUT2D eigenvalue weighted by molar-refractivity contribution is 6.05. The van der Waals surface area contributed by atoms with Crippen LogP contribution in [0.1, 0.15) is 52.0 Å². The first-order chi connectivity index (χ1) is 13.4. The Hall–Kier alpha value is -2.66. The Morgan fingerprint density at radius 3 is 2.29 bits per heavy atom. The summed E-state index contributed by atoms with van der Waals surface area (Å²) in [5.74, 6) is -0.290.